The van der Waals surface area contributed by atoms with E-state index < -0.39 is 15.8 Å². The van der Waals surface area contributed by atoms with Gasteiger partial charge in [-0.3, -0.25) is 4.72 Å². The molecule has 0 fully saturated rings. The Hall–Kier alpha value is -1.51. The lowest BCUT2D eigenvalue weighted by atomic mass is 10.2. The minimum Gasteiger partial charge on any atom is -0.389 e. The van der Waals surface area contributed by atoms with Crippen molar-refractivity contribution < 1.29 is 12.8 Å². The Morgan fingerprint density at radius 1 is 1.19 bits per heavy atom. The normalized spacial score (nSPS) is 11.1. The highest BCUT2D eigenvalue weighted by molar-refractivity contribution is 9.10. The molecule has 2 aromatic rings. The zero-order valence-corrected chi connectivity index (χ0v) is 13.7. The summed E-state index contributed by atoms with van der Waals surface area (Å²) in [5.74, 6) is -0.603. The van der Waals surface area contributed by atoms with Crippen molar-refractivity contribution in [1.29, 1.82) is 0 Å². The van der Waals surface area contributed by atoms with E-state index in [4.69, 9.17) is 18.0 Å². The maximum atomic E-state index is 13.5. The summed E-state index contributed by atoms with van der Waals surface area (Å²) in [7, 11) is -3.76. The molecule has 0 aromatic heterocycles. The zero-order chi connectivity index (χ0) is 15.6. The van der Waals surface area contributed by atoms with Gasteiger partial charge in [0.2, 0.25) is 0 Å². The Morgan fingerprint density at radius 2 is 1.81 bits per heavy atom. The van der Waals surface area contributed by atoms with Crippen LogP contribution in [0.5, 0.6) is 0 Å². The van der Waals surface area contributed by atoms with Gasteiger partial charge in [-0.2, -0.15) is 0 Å². The molecule has 0 bridgehead atoms. The number of halogens is 2. The minimum absolute atomic E-state index is 0.0130. The molecule has 2 rings (SSSR count). The summed E-state index contributed by atoms with van der Waals surface area (Å²) >= 11 is 7.94. The van der Waals surface area contributed by atoms with Gasteiger partial charge in [-0.1, -0.05) is 28.1 Å². The first kappa shape index (κ1) is 15.9. The Labute approximate surface area is 135 Å². The lowest BCUT2D eigenvalue weighted by molar-refractivity contribution is 0.601. The van der Waals surface area contributed by atoms with Crippen LogP contribution >= 0.6 is 28.1 Å². The van der Waals surface area contributed by atoms with Crippen LogP contribution in [-0.4, -0.2) is 13.4 Å². The third-order valence-corrected chi connectivity index (χ3v) is 4.75. The van der Waals surface area contributed by atoms with Crippen LogP contribution in [0.15, 0.2) is 51.8 Å². The van der Waals surface area contributed by atoms with Gasteiger partial charge in [0.1, 0.15) is 10.8 Å². The fraction of sp³-hybridized carbons (Fsp3) is 0. The van der Waals surface area contributed by atoms with E-state index in [1.54, 1.807) is 12.1 Å². The fourth-order valence-electron chi connectivity index (χ4n) is 1.61. The highest BCUT2D eigenvalue weighted by atomic mass is 79.9. The van der Waals surface area contributed by atoms with Crippen LogP contribution in [0.4, 0.5) is 10.1 Å². The van der Waals surface area contributed by atoms with Crippen molar-refractivity contribution in [3.8, 4) is 0 Å². The molecule has 110 valence electrons. The SMILES string of the molecule is NC(=S)c1cc(NS(=O)(=O)c2ccc(Br)cc2)ccc1F. The lowest BCUT2D eigenvalue weighted by Crippen LogP contribution is -2.15. The quantitative estimate of drug-likeness (QED) is 0.789. The molecule has 8 heteroatoms. The second kappa shape index (κ2) is 6.08. The lowest BCUT2D eigenvalue weighted by Gasteiger charge is -2.10. The first-order valence-electron chi connectivity index (χ1n) is 5.67. The number of nitrogens with two attached hydrogens (primary N) is 1. The predicted octanol–water partition coefficient (Wildman–Crippen LogP) is 3.02. The first-order chi connectivity index (χ1) is 9.79. The fourth-order valence-corrected chi connectivity index (χ4v) is 3.08. The van der Waals surface area contributed by atoms with Crippen molar-refractivity contribution in [2.75, 3.05) is 4.72 Å². The minimum atomic E-state index is -3.76. The topological polar surface area (TPSA) is 72.2 Å². The van der Waals surface area contributed by atoms with Crippen LogP contribution in [0.3, 0.4) is 0 Å². The van der Waals surface area contributed by atoms with E-state index in [2.05, 4.69) is 20.7 Å². The molecule has 0 saturated heterocycles. The van der Waals surface area contributed by atoms with E-state index in [-0.39, 0.29) is 21.1 Å². The maximum Gasteiger partial charge on any atom is 0.261 e. The average Bonchev–Trinajstić information content (AvgIpc) is 2.41. The number of anilines is 1. The molecule has 0 saturated carbocycles. The number of hydrogen-bond donors (Lipinski definition) is 2. The monoisotopic (exact) mass is 388 g/mol. The predicted molar refractivity (Wildman–Crippen MR) is 87.2 cm³/mol. The molecule has 3 N–H and O–H groups in total. The van der Waals surface area contributed by atoms with Gasteiger partial charge in [-0.15, -0.1) is 0 Å². The van der Waals surface area contributed by atoms with Crippen LogP contribution in [0, 0.1) is 5.82 Å². The van der Waals surface area contributed by atoms with E-state index >= 15 is 0 Å². The molecule has 21 heavy (non-hydrogen) atoms. The molecule has 0 heterocycles. The third-order valence-electron chi connectivity index (χ3n) is 2.61. The molecule has 0 aliphatic heterocycles. The van der Waals surface area contributed by atoms with Gasteiger partial charge in [0.25, 0.3) is 10.0 Å². The highest BCUT2D eigenvalue weighted by Gasteiger charge is 2.15. The zero-order valence-electron chi connectivity index (χ0n) is 10.5. The molecular weight excluding hydrogens is 379 g/mol. The number of hydrogen-bond acceptors (Lipinski definition) is 3. The first-order valence-corrected chi connectivity index (χ1v) is 8.36. The van der Waals surface area contributed by atoms with E-state index in [0.29, 0.717) is 0 Å². The highest BCUT2D eigenvalue weighted by Crippen LogP contribution is 2.20. The third kappa shape index (κ3) is 3.78. The molecule has 0 aliphatic carbocycles. The van der Waals surface area contributed by atoms with Gasteiger partial charge in [0.15, 0.2) is 0 Å². The van der Waals surface area contributed by atoms with E-state index in [1.165, 1.54) is 24.3 Å². The number of thiocarbonyl (C=S) groups is 1. The average molecular weight is 389 g/mol. The van der Waals surface area contributed by atoms with Gasteiger partial charge >= 0.3 is 0 Å². The van der Waals surface area contributed by atoms with Crippen LogP contribution in [-0.2, 0) is 10.0 Å². The largest absolute Gasteiger partial charge is 0.389 e. The molecule has 0 aliphatic rings. The molecule has 2 aromatic carbocycles. The summed E-state index contributed by atoms with van der Waals surface area (Å²) in [6.07, 6.45) is 0. The van der Waals surface area contributed by atoms with Crippen molar-refractivity contribution in [2.45, 2.75) is 4.90 Å². The summed E-state index contributed by atoms with van der Waals surface area (Å²) < 4.78 is 41.0. The number of benzene rings is 2. The van der Waals surface area contributed by atoms with Crippen LogP contribution < -0.4 is 10.5 Å². The van der Waals surface area contributed by atoms with E-state index in [9.17, 15) is 12.8 Å². The van der Waals surface area contributed by atoms with Crippen molar-refractivity contribution in [2.24, 2.45) is 5.73 Å². The van der Waals surface area contributed by atoms with Crippen LogP contribution in [0.2, 0.25) is 0 Å². The summed E-state index contributed by atoms with van der Waals surface area (Å²) in [6, 6.07) is 9.78. The van der Waals surface area contributed by atoms with Gasteiger partial charge in [-0.05, 0) is 42.5 Å². The van der Waals surface area contributed by atoms with E-state index in [1.807, 2.05) is 0 Å². The second-order valence-electron chi connectivity index (χ2n) is 4.12. The van der Waals surface area contributed by atoms with Crippen LogP contribution in [0.25, 0.3) is 0 Å². The van der Waals surface area contributed by atoms with Gasteiger partial charge < -0.3 is 5.73 Å². The molecule has 0 spiro atoms. The van der Waals surface area contributed by atoms with Crippen LogP contribution in [0.1, 0.15) is 5.56 Å². The summed E-state index contributed by atoms with van der Waals surface area (Å²) in [4.78, 5) is -0.0518. The standard InChI is InChI=1S/C13H10BrFN2O2S2/c14-8-1-4-10(5-2-8)21(18,19)17-9-3-6-12(15)11(7-9)13(16)20/h1-7,17H,(H2,16,20). The second-order valence-corrected chi connectivity index (χ2v) is 7.16. The Balaban J connectivity index is 2.35. The van der Waals surface area contributed by atoms with Gasteiger partial charge in [0, 0.05) is 15.7 Å². The number of rotatable bonds is 4. The molecule has 4 nitrogen and oxygen atoms in total. The van der Waals surface area contributed by atoms with Crippen molar-refractivity contribution in [3.05, 3.63) is 58.3 Å². The maximum absolute atomic E-state index is 13.5. The summed E-state index contributed by atoms with van der Waals surface area (Å²) in [5.41, 5.74) is 5.55. The summed E-state index contributed by atoms with van der Waals surface area (Å²) in [6.45, 7) is 0. The molecule has 0 radical (unpaired) electrons. The van der Waals surface area contributed by atoms with E-state index in [0.717, 1.165) is 10.5 Å². The Morgan fingerprint density at radius 3 is 2.38 bits per heavy atom. The van der Waals surface area contributed by atoms with Gasteiger partial charge in [-0.25, -0.2) is 12.8 Å². The molecule has 0 unspecified atom stereocenters. The smallest absolute Gasteiger partial charge is 0.261 e. The van der Waals surface area contributed by atoms with Gasteiger partial charge in [0.05, 0.1) is 4.90 Å². The molecular formula is C13H10BrFN2O2S2. The summed E-state index contributed by atoms with van der Waals surface area (Å²) in [5, 5.41) is 0. The number of nitrogens with one attached hydrogen (secondary N) is 1. The Bertz CT molecular complexity index is 792. The number of sulfonamides is 1. The van der Waals surface area contributed by atoms with Crippen molar-refractivity contribution in [3.63, 3.8) is 0 Å². The Kier molecular flexibility index (Phi) is 4.60. The molecule has 0 amide bonds. The van der Waals surface area contributed by atoms with Crippen molar-refractivity contribution in [1.82, 2.24) is 0 Å². The molecule has 0 atom stereocenters. The van der Waals surface area contributed by atoms with Crippen molar-refractivity contribution >= 4 is 48.8 Å².